The molecule has 1 aromatic heterocycles. The van der Waals surface area contributed by atoms with Crippen molar-refractivity contribution in [3.63, 3.8) is 0 Å². The maximum atomic E-state index is 13.0. The number of halogens is 3. The summed E-state index contributed by atoms with van der Waals surface area (Å²) >= 11 is 0. The summed E-state index contributed by atoms with van der Waals surface area (Å²) in [7, 11) is 0. The molecule has 1 fully saturated rings. The van der Waals surface area contributed by atoms with Crippen molar-refractivity contribution in [2.75, 3.05) is 31.1 Å². The number of anilines is 1. The molecule has 154 valence electrons. The van der Waals surface area contributed by atoms with E-state index in [2.05, 4.69) is 41.2 Å². The highest BCUT2D eigenvalue weighted by molar-refractivity contribution is 5.49. The summed E-state index contributed by atoms with van der Waals surface area (Å²) in [5.74, 6) is 0.865. The van der Waals surface area contributed by atoms with E-state index in [1.807, 2.05) is 9.58 Å². The summed E-state index contributed by atoms with van der Waals surface area (Å²) in [5, 5.41) is 12.2. The van der Waals surface area contributed by atoms with Crippen molar-refractivity contribution < 1.29 is 13.2 Å². The average Bonchev–Trinajstić information content (AvgIpc) is 3.15. The molecule has 1 aromatic carbocycles. The van der Waals surface area contributed by atoms with E-state index in [1.165, 1.54) is 12.1 Å². The first-order valence-corrected chi connectivity index (χ1v) is 9.75. The van der Waals surface area contributed by atoms with Crippen LogP contribution in [0.3, 0.4) is 0 Å². The minimum absolute atomic E-state index is 0.117. The fourth-order valence-corrected chi connectivity index (χ4v) is 3.71. The van der Waals surface area contributed by atoms with E-state index in [0.29, 0.717) is 18.8 Å². The fraction of sp³-hybridized carbons (Fsp3) is 0.632. The molecule has 1 aliphatic rings. The molecule has 0 radical (unpaired) electrons. The molecule has 0 saturated carbocycles. The van der Waals surface area contributed by atoms with Crippen LogP contribution in [0.15, 0.2) is 24.3 Å². The maximum Gasteiger partial charge on any atom is 0.416 e. The molecule has 1 aliphatic heterocycles. The van der Waals surface area contributed by atoms with Gasteiger partial charge in [0.25, 0.3) is 0 Å². The Labute approximate surface area is 163 Å². The Kier molecular flexibility index (Phi) is 6.22. The van der Waals surface area contributed by atoms with Gasteiger partial charge in [0.2, 0.25) is 0 Å². The molecule has 0 aliphatic carbocycles. The Morgan fingerprint density at radius 3 is 2.43 bits per heavy atom. The van der Waals surface area contributed by atoms with Gasteiger partial charge in [0.1, 0.15) is 0 Å². The topological polar surface area (TPSA) is 50.1 Å². The second-order valence-electron chi connectivity index (χ2n) is 7.45. The van der Waals surface area contributed by atoms with Gasteiger partial charge in [-0.05, 0) is 48.9 Å². The van der Waals surface area contributed by atoms with Crippen molar-refractivity contribution in [1.29, 1.82) is 0 Å². The molecule has 1 saturated heterocycles. The van der Waals surface area contributed by atoms with Gasteiger partial charge in [-0.25, -0.2) is 4.68 Å². The molecule has 0 amide bonds. The summed E-state index contributed by atoms with van der Waals surface area (Å²) in [5.41, 5.74) is 0.0147. The molecule has 1 unspecified atom stereocenters. The molecule has 28 heavy (non-hydrogen) atoms. The molecule has 1 atom stereocenters. The minimum Gasteiger partial charge on any atom is -0.369 e. The van der Waals surface area contributed by atoms with Crippen LogP contribution >= 0.6 is 0 Å². The number of hydrogen-bond donors (Lipinski definition) is 0. The second kappa shape index (κ2) is 8.46. The van der Waals surface area contributed by atoms with Crippen molar-refractivity contribution in [3.05, 3.63) is 35.7 Å². The molecule has 3 rings (SSSR count). The predicted octanol–water partition coefficient (Wildman–Crippen LogP) is 3.94. The normalized spacial score (nSPS) is 17.3. The van der Waals surface area contributed by atoms with E-state index in [-0.39, 0.29) is 12.1 Å². The molecule has 0 spiro atoms. The van der Waals surface area contributed by atoms with E-state index in [9.17, 15) is 13.2 Å². The lowest BCUT2D eigenvalue weighted by atomic mass is 10.1. The van der Waals surface area contributed by atoms with Crippen LogP contribution in [-0.2, 0) is 6.18 Å². The molecule has 0 N–H and O–H groups in total. The SMILES string of the molecule is CCCC(c1nnnn1C(C)C)N1CCN(c2cccc(C(F)(F)F)c2)CC1. The number of benzene rings is 1. The van der Waals surface area contributed by atoms with Crippen molar-refractivity contribution in [1.82, 2.24) is 25.1 Å². The minimum atomic E-state index is -4.32. The number of piperazine rings is 1. The Balaban J connectivity index is 1.72. The smallest absolute Gasteiger partial charge is 0.369 e. The van der Waals surface area contributed by atoms with Crippen LogP contribution in [0.5, 0.6) is 0 Å². The zero-order chi connectivity index (χ0) is 20.3. The van der Waals surface area contributed by atoms with Crippen LogP contribution in [-0.4, -0.2) is 51.3 Å². The second-order valence-corrected chi connectivity index (χ2v) is 7.45. The zero-order valence-electron chi connectivity index (χ0n) is 16.5. The average molecular weight is 396 g/mol. The van der Waals surface area contributed by atoms with Crippen LogP contribution in [0.1, 0.15) is 57.1 Å². The highest BCUT2D eigenvalue weighted by atomic mass is 19.4. The van der Waals surface area contributed by atoms with Crippen molar-refractivity contribution in [3.8, 4) is 0 Å². The fourth-order valence-electron chi connectivity index (χ4n) is 3.71. The summed E-state index contributed by atoms with van der Waals surface area (Å²) in [6.07, 6.45) is -2.38. The summed E-state index contributed by atoms with van der Waals surface area (Å²) < 4.78 is 40.9. The van der Waals surface area contributed by atoms with Crippen molar-refractivity contribution in [2.24, 2.45) is 0 Å². The Hall–Kier alpha value is -2.16. The maximum absolute atomic E-state index is 13.0. The van der Waals surface area contributed by atoms with Gasteiger partial charge >= 0.3 is 6.18 Å². The van der Waals surface area contributed by atoms with Crippen LogP contribution in [0.25, 0.3) is 0 Å². The monoisotopic (exact) mass is 396 g/mol. The van der Waals surface area contributed by atoms with Crippen LogP contribution in [0.2, 0.25) is 0 Å². The zero-order valence-corrected chi connectivity index (χ0v) is 16.5. The van der Waals surface area contributed by atoms with Gasteiger partial charge in [-0.15, -0.1) is 5.10 Å². The Morgan fingerprint density at radius 1 is 1.11 bits per heavy atom. The Bertz CT molecular complexity index is 765. The largest absolute Gasteiger partial charge is 0.416 e. The van der Waals surface area contributed by atoms with E-state index in [1.54, 1.807) is 6.07 Å². The lowest BCUT2D eigenvalue weighted by Gasteiger charge is -2.40. The molecule has 2 aromatic rings. The number of aromatic nitrogens is 4. The van der Waals surface area contributed by atoms with Gasteiger partial charge in [-0.3, -0.25) is 4.90 Å². The summed E-state index contributed by atoms with van der Waals surface area (Å²) in [6, 6.07) is 5.86. The van der Waals surface area contributed by atoms with Gasteiger partial charge in [0.05, 0.1) is 17.6 Å². The highest BCUT2D eigenvalue weighted by Crippen LogP contribution is 2.33. The molecular formula is C19H27F3N6. The number of alkyl halides is 3. The van der Waals surface area contributed by atoms with E-state index in [0.717, 1.165) is 37.8 Å². The van der Waals surface area contributed by atoms with E-state index >= 15 is 0 Å². The number of hydrogen-bond acceptors (Lipinski definition) is 5. The van der Waals surface area contributed by atoms with Gasteiger partial charge in [-0.1, -0.05) is 19.4 Å². The Morgan fingerprint density at radius 2 is 1.82 bits per heavy atom. The summed E-state index contributed by atoms with van der Waals surface area (Å²) in [4.78, 5) is 4.36. The quantitative estimate of drug-likeness (QED) is 0.740. The molecule has 6 nitrogen and oxygen atoms in total. The first-order valence-electron chi connectivity index (χ1n) is 9.75. The first-order chi connectivity index (χ1) is 13.3. The first kappa shape index (κ1) is 20.6. The number of rotatable bonds is 6. The third-order valence-electron chi connectivity index (χ3n) is 5.16. The van der Waals surface area contributed by atoms with Crippen LogP contribution in [0, 0.1) is 0 Å². The number of nitrogens with zero attached hydrogens (tertiary/aromatic N) is 6. The van der Waals surface area contributed by atoms with Gasteiger partial charge in [0, 0.05) is 31.9 Å². The lowest BCUT2D eigenvalue weighted by molar-refractivity contribution is -0.137. The summed E-state index contributed by atoms with van der Waals surface area (Å²) in [6.45, 7) is 9.09. The predicted molar refractivity (Wildman–Crippen MR) is 101 cm³/mol. The molecule has 0 bridgehead atoms. The third kappa shape index (κ3) is 4.45. The van der Waals surface area contributed by atoms with Gasteiger partial charge in [0.15, 0.2) is 5.82 Å². The standard InChI is InChI=1S/C19H27F3N6/c1-4-6-17(18-23-24-25-28(18)14(2)3)27-11-9-26(10-12-27)16-8-5-7-15(13-16)19(20,21)22/h5,7-8,13-14,17H,4,6,9-12H2,1-3H3. The van der Waals surface area contributed by atoms with Crippen LogP contribution in [0.4, 0.5) is 18.9 Å². The third-order valence-corrected chi connectivity index (χ3v) is 5.16. The van der Waals surface area contributed by atoms with Gasteiger partial charge < -0.3 is 4.90 Å². The van der Waals surface area contributed by atoms with Crippen molar-refractivity contribution >= 4 is 5.69 Å². The van der Waals surface area contributed by atoms with Gasteiger partial charge in [-0.2, -0.15) is 13.2 Å². The molecule has 2 heterocycles. The highest BCUT2D eigenvalue weighted by Gasteiger charge is 2.32. The lowest BCUT2D eigenvalue weighted by Crippen LogP contribution is -2.48. The van der Waals surface area contributed by atoms with E-state index in [4.69, 9.17) is 0 Å². The van der Waals surface area contributed by atoms with Crippen LogP contribution < -0.4 is 4.90 Å². The molecule has 9 heteroatoms. The molecular weight excluding hydrogens is 369 g/mol. The van der Waals surface area contributed by atoms with Crippen molar-refractivity contribution in [2.45, 2.75) is 51.9 Å². The number of tetrazole rings is 1. The van der Waals surface area contributed by atoms with E-state index < -0.39 is 11.7 Å².